The summed E-state index contributed by atoms with van der Waals surface area (Å²) in [4.78, 5) is 28.3. The van der Waals surface area contributed by atoms with Gasteiger partial charge in [-0.05, 0) is 35.4 Å². The lowest BCUT2D eigenvalue weighted by atomic mass is 10.1. The van der Waals surface area contributed by atoms with Gasteiger partial charge in [-0.25, -0.2) is 0 Å². The van der Waals surface area contributed by atoms with Crippen LogP contribution in [0.25, 0.3) is 10.9 Å². The summed E-state index contributed by atoms with van der Waals surface area (Å²) in [5.74, 6) is -0.342. The van der Waals surface area contributed by atoms with Crippen molar-refractivity contribution in [1.82, 2.24) is 10.3 Å². The molecular weight excluding hydrogens is 485 g/mol. The summed E-state index contributed by atoms with van der Waals surface area (Å²) in [6, 6.07) is 17.9. The van der Waals surface area contributed by atoms with Gasteiger partial charge in [0.15, 0.2) is 0 Å². The van der Waals surface area contributed by atoms with Crippen LogP contribution in [0.15, 0.2) is 82.6 Å². The second-order valence-electron chi connectivity index (χ2n) is 7.48. The average Bonchev–Trinajstić information content (AvgIpc) is 2.82. The Morgan fingerprint density at radius 2 is 1.68 bits per heavy atom. The molecule has 34 heavy (non-hydrogen) atoms. The molecule has 0 aliphatic heterocycles. The van der Waals surface area contributed by atoms with Crippen molar-refractivity contribution < 1.29 is 18.0 Å². The van der Waals surface area contributed by atoms with Crippen LogP contribution >= 0.6 is 23.4 Å². The number of benzene rings is 3. The molecule has 0 saturated heterocycles. The van der Waals surface area contributed by atoms with Gasteiger partial charge in [0.2, 0.25) is 5.43 Å². The van der Waals surface area contributed by atoms with E-state index >= 15 is 0 Å². The average molecular weight is 503 g/mol. The second kappa shape index (κ2) is 9.95. The van der Waals surface area contributed by atoms with Gasteiger partial charge < -0.3 is 10.3 Å². The van der Waals surface area contributed by atoms with Crippen molar-refractivity contribution >= 4 is 40.2 Å². The standard InChI is InChI=1S/C25H18ClF3N2O2S/c26-17-8-6-15(7-9-17)12-31-24(33)19-13-30-21-18(22(19)32)10-11-20(25(27,28)29)23(21)34-14-16-4-2-1-3-5-16/h1-11,13H,12,14H2,(H,30,32)(H,31,33). The number of H-pyrrole nitrogens is 1. The number of aromatic amines is 1. The number of nitrogens with one attached hydrogen (secondary N) is 2. The first-order chi connectivity index (χ1) is 16.2. The fourth-order valence-electron chi connectivity index (χ4n) is 3.42. The molecule has 0 bridgehead atoms. The fourth-order valence-corrected chi connectivity index (χ4v) is 4.70. The molecule has 4 nitrogen and oxygen atoms in total. The number of amides is 1. The summed E-state index contributed by atoms with van der Waals surface area (Å²) in [5, 5.41) is 3.22. The van der Waals surface area contributed by atoms with Gasteiger partial charge in [-0.2, -0.15) is 13.2 Å². The fraction of sp³-hybridized carbons (Fsp3) is 0.120. The van der Waals surface area contributed by atoms with Crippen molar-refractivity contribution in [3.8, 4) is 0 Å². The molecule has 4 rings (SSSR count). The SMILES string of the molecule is O=C(NCc1ccc(Cl)cc1)c1c[nH]c2c(SCc3ccccc3)c(C(F)(F)F)ccc2c1=O. The molecule has 0 radical (unpaired) electrons. The minimum Gasteiger partial charge on any atom is -0.359 e. The van der Waals surface area contributed by atoms with Crippen LogP contribution in [-0.4, -0.2) is 10.9 Å². The lowest BCUT2D eigenvalue weighted by Crippen LogP contribution is -2.28. The van der Waals surface area contributed by atoms with E-state index in [1.165, 1.54) is 0 Å². The van der Waals surface area contributed by atoms with E-state index in [-0.39, 0.29) is 33.7 Å². The molecule has 174 valence electrons. The van der Waals surface area contributed by atoms with E-state index < -0.39 is 23.1 Å². The van der Waals surface area contributed by atoms with Crippen molar-refractivity contribution in [2.75, 3.05) is 0 Å². The molecule has 1 amide bonds. The van der Waals surface area contributed by atoms with E-state index in [4.69, 9.17) is 11.6 Å². The van der Waals surface area contributed by atoms with Crippen LogP contribution in [0.4, 0.5) is 13.2 Å². The third-order valence-corrected chi connectivity index (χ3v) is 6.59. The first kappa shape index (κ1) is 23.9. The van der Waals surface area contributed by atoms with Crippen molar-refractivity contribution in [3.63, 3.8) is 0 Å². The summed E-state index contributed by atoms with van der Waals surface area (Å²) in [6.45, 7) is 0.165. The Morgan fingerprint density at radius 1 is 0.971 bits per heavy atom. The maximum absolute atomic E-state index is 13.7. The molecule has 9 heteroatoms. The maximum atomic E-state index is 13.7. The maximum Gasteiger partial charge on any atom is 0.417 e. The zero-order valence-corrected chi connectivity index (χ0v) is 19.2. The van der Waals surface area contributed by atoms with Crippen LogP contribution in [0.2, 0.25) is 5.02 Å². The number of carbonyl (C=O) groups is 1. The van der Waals surface area contributed by atoms with Gasteiger partial charge in [0.1, 0.15) is 5.56 Å². The smallest absolute Gasteiger partial charge is 0.359 e. The highest BCUT2D eigenvalue weighted by molar-refractivity contribution is 7.98. The van der Waals surface area contributed by atoms with Gasteiger partial charge in [0.25, 0.3) is 5.91 Å². The molecule has 0 unspecified atom stereocenters. The largest absolute Gasteiger partial charge is 0.417 e. The number of hydrogen-bond donors (Lipinski definition) is 2. The molecular formula is C25H18ClF3N2O2S. The highest BCUT2D eigenvalue weighted by Crippen LogP contribution is 2.40. The quantitative estimate of drug-likeness (QED) is 0.299. The number of carbonyl (C=O) groups excluding carboxylic acids is 1. The number of fused-ring (bicyclic) bond motifs is 1. The van der Waals surface area contributed by atoms with Crippen molar-refractivity contribution in [3.05, 3.63) is 110 Å². The second-order valence-corrected chi connectivity index (χ2v) is 8.90. The van der Waals surface area contributed by atoms with Crippen LogP contribution in [0.5, 0.6) is 0 Å². The summed E-state index contributed by atoms with van der Waals surface area (Å²) < 4.78 is 41.2. The summed E-state index contributed by atoms with van der Waals surface area (Å²) in [6.07, 6.45) is -3.44. The number of thioether (sulfide) groups is 1. The predicted molar refractivity (Wildman–Crippen MR) is 128 cm³/mol. The van der Waals surface area contributed by atoms with E-state index in [0.29, 0.717) is 5.02 Å². The Hall–Kier alpha value is -3.23. The highest BCUT2D eigenvalue weighted by atomic mass is 35.5. The van der Waals surface area contributed by atoms with Crippen LogP contribution in [0.3, 0.4) is 0 Å². The van der Waals surface area contributed by atoms with E-state index in [1.54, 1.807) is 36.4 Å². The van der Waals surface area contributed by atoms with Crippen molar-refractivity contribution in [2.45, 2.75) is 23.4 Å². The van der Waals surface area contributed by atoms with Crippen molar-refractivity contribution in [2.24, 2.45) is 0 Å². The third kappa shape index (κ3) is 5.29. The zero-order chi connectivity index (χ0) is 24.3. The Kier molecular flexibility index (Phi) is 7.00. The van der Waals surface area contributed by atoms with Gasteiger partial charge in [0, 0.05) is 33.8 Å². The van der Waals surface area contributed by atoms with E-state index in [2.05, 4.69) is 10.3 Å². The van der Waals surface area contributed by atoms with Crippen LogP contribution in [-0.2, 0) is 18.5 Å². The Bertz CT molecular complexity index is 1390. The van der Waals surface area contributed by atoms with Gasteiger partial charge >= 0.3 is 6.18 Å². The third-order valence-electron chi connectivity index (χ3n) is 5.15. The van der Waals surface area contributed by atoms with Crippen LogP contribution < -0.4 is 10.7 Å². The molecule has 1 aromatic heterocycles. The first-order valence-corrected chi connectivity index (χ1v) is 11.6. The molecule has 0 fully saturated rings. The molecule has 0 aliphatic rings. The van der Waals surface area contributed by atoms with Crippen LogP contribution in [0, 0.1) is 0 Å². The van der Waals surface area contributed by atoms with Gasteiger partial charge in [-0.3, -0.25) is 9.59 Å². The van der Waals surface area contributed by atoms with Gasteiger partial charge in [0.05, 0.1) is 11.1 Å². The summed E-state index contributed by atoms with van der Waals surface area (Å²) in [5.41, 5.74) is 0.0203. The van der Waals surface area contributed by atoms with E-state index in [9.17, 15) is 22.8 Å². The zero-order valence-electron chi connectivity index (χ0n) is 17.6. The number of halogens is 4. The molecule has 1 heterocycles. The molecule has 0 aliphatic carbocycles. The molecule has 4 aromatic rings. The molecule has 2 N–H and O–H groups in total. The lowest BCUT2D eigenvalue weighted by Gasteiger charge is -2.15. The van der Waals surface area contributed by atoms with E-state index in [0.717, 1.165) is 41.2 Å². The van der Waals surface area contributed by atoms with E-state index in [1.807, 2.05) is 18.2 Å². The number of pyridine rings is 1. The minimum atomic E-state index is -4.60. The lowest BCUT2D eigenvalue weighted by molar-refractivity contribution is -0.139. The van der Waals surface area contributed by atoms with Gasteiger partial charge in [-0.15, -0.1) is 11.8 Å². The van der Waals surface area contributed by atoms with Crippen LogP contribution in [0.1, 0.15) is 27.0 Å². The number of hydrogen-bond acceptors (Lipinski definition) is 3. The Morgan fingerprint density at radius 3 is 2.35 bits per heavy atom. The predicted octanol–water partition coefficient (Wildman–Crippen LogP) is 6.42. The highest BCUT2D eigenvalue weighted by Gasteiger charge is 2.35. The molecule has 3 aromatic carbocycles. The van der Waals surface area contributed by atoms with Gasteiger partial charge in [-0.1, -0.05) is 54.1 Å². The summed E-state index contributed by atoms with van der Waals surface area (Å²) >= 11 is 6.84. The number of rotatable bonds is 6. The molecule has 0 saturated carbocycles. The number of aromatic nitrogens is 1. The molecule has 0 atom stereocenters. The number of alkyl halides is 3. The normalized spacial score (nSPS) is 11.5. The summed E-state index contributed by atoms with van der Waals surface area (Å²) in [7, 11) is 0. The minimum absolute atomic E-state index is 0.0164. The Balaban J connectivity index is 1.67. The topological polar surface area (TPSA) is 62.0 Å². The monoisotopic (exact) mass is 502 g/mol. The molecule has 0 spiro atoms. The Labute approximate surface area is 202 Å². The first-order valence-electron chi connectivity index (χ1n) is 10.2. The van der Waals surface area contributed by atoms with Crippen molar-refractivity contribution in [1.29, 1.82) is 0 Å².